The first-order valence-electron chi connectivity index (χ1n) is 11.1. The molecule has 5 heteroatoms. The number of nitrogens with zero attached hydrogens (tertiary/aromatic N) is 1. The van der Waals surface area contributed by atoms with E-state index in [9.17, 15) is 4.79 Å². The van der Waals surface area contributed by atoms with Crippen LogP contribution in [0.25, 0.3) is 0 Å². The number of ether oxygens (including phenoxy) is 2. The highest BCUT2D eigenvalue weighted by atomic mass is 16.5. The van der Waals surface area contributed by atoms with Crippen molar-refractivity contribution in [2.24, 2.45) is 23.7 Å². The zero-order valence-corrected chi connectivity index (χ0v) is 17.7. The predicted octanol–water partition coefficient (Wildman–Crippen LogP) is 4.95. The number of urea groups is 1. The molecular weight excluding hydrogens is 364 g/mol. The number of hydrogen-bond donors (Lipinski definition) is 1. The van der Waals surface area contributed by atoms with Gasteiger partial charge in [0.05, 0.1) is 6.61 Å². The first-order valence-corrected chi connectivity index (χ1v) is 11.1. The minimum Gasteiger partial charge on any atom is -0.493 e. The summed E-state index contributed by atoms with van der Waals surface area (Å²) in [6.45, 7) is 7.43. The lowest BCUT2D eigenvalue weighted by Gasteiger charge is -2.31. The van der Waals surface area contributed by atoms with Gasteiger partial charge in [-0.2, -0.15) is 0 Å². The Balaban J connectivity index is 1.28. The fourth-order valence-corrected chi connectivity index (χ4v) is 4.84. The van der Waals surface area contributed by atoms with Crippen molar-refractivity contribution in [2.45, 2.75) is 45.6 Å². The maximum absolute atomic E-state index is 12.9. The number of amides is 2. The molecule has 5 nitrogen and oxygen atoms in total. The second-order valence-electron chi connectivity index (χ2n) is 9.11. The van der Waals surface area contributed by atoms with Crippen LogP contribution in [0.2, 0.25) is 0 Å². The highest BCUT2D eigenvalue weighted by Gasteiger charge is 2.37. The summed E-state index contributed by atoms with van der Waals surface area (Å²) in [5, 5.41) is 3.07. The Labute approximate surface area is 174 Å². The Hall–Kier alpha value is -2.01. The molecule has 1 aliphatic heterocycles. The number of carbonyl (C=O) groups is 1. The van der Waals surface area contributed by atoms with E-state index in [2.05, 4.69) is 31.3 Å². The van der Waals surface area contributed by atoms with E-state index in [0.29, 0.717) is 17.8 Å². The zero-order valence-electron chi connectivity index (χ0n) is 17.7. The monoisotopic (exact) mass is 398 g/mol. The van der Waals surface area contributed by atoms with Gasteiger partial charge in [-0.25, -0.2) is 4.79 Å². The molecule has 1 N–H and O–H groups in total. The summed E-state index contributed by atoms with van der Waals surface area (Å²) in [6.07, 6.45) is 9.33. The van der Waals surface area contributed by atoms with E-state index < -0.39 is 0 Å². The molecule has 1 aromatic rings. The largest absolute Gasteiger partial charge is 0.493 e. The number of fused-ring (bicyclic) bond motifs is 2. The molecule has 29 heavy (non-hydrogen) atoms. The molecule has 0 spiro atoms. The molecule has 0 unspecified atom stereocenters. The molecule has 2 aliphatic carbocycles. The van der Waals surface area contributed by atoms with Crippen molar-refractivity contribution in [1.82, 2.24) is 4.90 Å². The number of allylic oxidation sites excluding steroid dienone is 2. The number of carbonyl (C=O) groups excluding carboxylic acids is 1. The standard InChI is InChI=1S/C24H34N2O3/c1-17(2)26(15-21-14-19-3-4-20(21)13-19)24(27)25-22-5-7-23(8-6-22)29-16-18-9-11-28-12-10-18/h3-8,17-21H,9-16H2,1-2H3,(H,25,27)/t19-,20-,21-/m0/s1. The van der Waals surface area contributed by atoms with Crippen LogP contribution in [-0.4, -0.2) is 43.3 Å². The van der Waals surface area contributed by atoms with Crippen LogP contribution in [0.15, 0.2) is 36.4 Å². The SMILES string of the molecule is CC(C)N(C[C@@H]1C[C@H]2C=C[C@H]1C2)C(=O)Nc1ccc(OCC2CCOCC2)cc1. The Kier molecular flexibility index (Phi) is 6.43. The lowest BCUT2D eigenvalue weighted by molar-refractivity contribution is 0.0497. The van der Waals surface area contributed by atoms with E-state index in [4.69, 9.17) is 9.47 Å². The molecule has 1 saturated heterocycles. The number of hydrogen-bond acceptors (Lipinski definition) is 3. The fraction of sp³-hybridized carbons (Fsp3) is 0.625. The van der Waals surface area contributed by atoms with Crippen LogP contribution in [-0.2, 0) is 4.74 Å². The van der Waals surface area contributed by atoms with Gasteiger partial charge >= 0.3 is 6.03 Å². The molecule has 2 fully saturated rings. The Morgan fingerprint density at radius 2 is 1.93 bits per heavy atom. The van der Waals surface area contributed by atoms with Crippen molar-refractivity contribution in [1.29, 1.82) is 0 Å². The van der Waals surface area contributed by atoms with Crippen LogP contribution in [0.3, 0.4) is 0 Å². The fourth-order valence-electron chi connectivity index (χ4n) is 4.84. The van der Waals surface area contributed by atoms with Crippen molar-refractivity contribution in [3.05, 3.63) is 36.4 Å². The molecule has 2 amide bonds. The van der Waals surface area contributed by atoms with Gasteiger partial charge in [-0.1, -0.05) is 12.2 Å². The van der Waals surface area contributed by atoms with Crippen LogP contribution in [0.5, 0.6) is 5.75 Å². The molecule has 4 rings (SSSR count). The summed E-state index contributed by atoms with van der Waals surface area (Å²) < 4.78 is 11.3. The summed E-state index contributed by atoms with van der Waals surface area (Å²) in [7, 11) is 0. The lowest BCUT2D eigenvalue weighted by Crippen LogP contribution is -2.43. The van der Waals surface area contributed by atoms with Crippen LogP contribution >= 0.6 is 0 Å². The molecule has 1 saturated carbocycles. The normalized spacial score (nSPS) is 26.1. The first-order chi connectivity index (χ1) is 14.1. The summed E-state index contributed by atoms with van der Waals surface area (Å²) >= 11 is 0. The molecule has 158 valence electrons. The minimum atomic E-state index is -0.0115. The van der Waals surface area contributed by atoms with Crippen molar-refractivity contribution in [3.8, 4) is 5.75 Å². The third-order valence-corrected chi connectivity index (χ3v) is 6.66. The minimum absolute atomic E-state index is 0.0115. The molecular formula is C24H34N2O3. The van der Waals surface area contributed by atoms with Crippen LogP contribution < -0.4 is 10.1 Å². The van der Waals surface area contributed by atoms with Gasteiger partial charge in [0.1, 0.15) is 5.75 Å². The predicted molar refractivity (Wildman–Crippen MR) is 115 cm³/mol. The van der Waals surface area contributed by atoms with Gasteiger partial charge < -0.3 is 19.7 Å². The maximum Gasteiger partial charge on any atom is 0.322 e. The van der Waals surface area contributed by atoms with E-state index in [-0.39, 0.29) is 12.1 Å². The summed E-state index contributed by atoms with van der Waals surface area (Å²) in [5.74, 6) is 3.41. The van der Waals surface area contributed by atoms with Crippen molar-refractivity contribution >= 4 is 11.7 Å². The van der Waals surface area contributed by atoms with Crippen molar-refractivity contribution < 1.29 is 14.3 Å². The van der Waals surface area contributed by atoms with Gasteiger partial charge in [0.15, 0.2) is 0 Å². The Bertz CT molecular complexity index is 709. The topological polar surface area (TPSA) is 50.8 Å². The van der Waals surface area contributed by atoms with Gasteiger partial charge in [0, 0.05) is 31.5 Å². The molecule has 0 aromatic heterocycles. The van der Waals surface area contributed by atoms with Crippen LogP contribution in [0.4, 0.5) is 10.5 Å². The molecule has 1 heterocycles. The average molecular weight is 399 g/mol. The number of benzene rings is 1. The van der Waals surface area contributed by atoms with Gasteiger partial charge in [-0.15, -0.1) is 0 Å². The van der Waals surface area contributed by atoms with E-state index in [1.54, 1.807) is 0 Å². The van der Waals surface area contributed by atoms with Crippen molar-refractivity contribution in [3.63, 3.8) is 0 Å². The van der Waals surface area contributed by atoms with Gasteiger partial charge in [-0.3, -0.25) is 0 Å². The second-order valence-corrected chi connectivity index (χ2v) is 9.11. The van der Waals surface area contributed by atoms with E-state index >= 15 is 0 Å². The molecule has 3 atom stereocenters. The summed E-state index contributed by atoms with van der Waals surface area (Å²) in [6, 6.07) is 7.90. The third kappa shape index (κ3) is 5.13. The molecule has 3 aliphatic rings. The second kappa shape index (κ2) is 9.21. The van der Waals surface area contributed by atoms with Gasteiger partial charge in [-0.05, 0) is 87.5 Å². The Morgan fingerprint density at radius 3 is 2.55 bits per heavy atom. The van der Waals surface area contributed by atoms with Crippen molar-refractivity contribution in [2.75, 3.05) is 31.7 Å². The van der Waals surface area contributed by atoms with Crippen LogP contribution in [0, 0.1) is 23.7 Å². The third-order valence-electron chi connectivity index (χ3n) is 6.66. The van der Waals surface area contributed by atoms with Gasteiger partial charge in [0.25, 0.3) is 0 Å². The molecule has 2 bridgehead atoms. The van der Waals surface area contributed by atoms with Crippen LogP contribution in [0.1, 0.15) is 39.5 Å². The highest BCUT2D eigenvalue weighted by molar-refractivity contribution is 5.89. The highest BCUT2D eigenvalue weighted by Crippen LogP contribution is 2.43. The Morgan fingerprint density at radius 1 is 1.17 bits per heavy atom. The smallest absolute Gasteiger partial charge is 0.322 e. The number of anilines is 1. The number of nitrogens with one attached hydrogen (secondary N) is 1. The number of rotatable bonds is 7. The van der Waals surface area contributed by atoms with E-state index in [1.165, 1.54) is 12.8 Å². The summed E-state index contributed by atoms with van der Waals surface area (Å²) in [4.78, 5) is 14.9. The molecule has 0 radical (unpaired) electrons. The quantitative estimate of drug-likeness (QED) is 0.662. The lowest BCUT2D eigenvalue weighted by atomic mass is 9.93. The van der Waals surface area contributed by atoms with E-state index in [1.807, 2.05) is 29.2 Å². The zero-order chi connectivity index (χ0) is 20.2. The van der Waals surface area contributed by atoms with Gasteiger partial charge in [0.2, 0.25) is 0 Å². The summed E-state index contributed by atoms with van der Waals surface area (Å²) in [5.41, 5.74) is 0.812. The maximum atomic E-state index is 12.9. The first kappa shape index (κ1) is 20.3. The van der Waals surface area contributed by atoms with E-state index in [0.717, 1.165) is 56.6 Å². The average Bonchev–Trinajstić information content (AvgIpc) is 3.35. The molecule has 1 aromatic carbocycles.